The third kappa shape index (κ3) is 1.97. The van der Waals surface area contributed by atoms with Crippen LogP contribution in [0.4, 0.5) is 0 Å². The van der Waals surface area contributed by atoms with Crippen LogP contribution in [0.25, 0.3) is 5.69 Å². The molecule has 0 radical (unpaired) electrons. The van der Waals surface area contributed by atoms with E-state index >= 15 is 0 Å². The molecule has 0 N–H and O–H groups in total. The van der Waals surface area contributed by atoms with Crippen molar-refractivity contribution >= 4 is 27.5 Å². The molecule has 0 fully saturated rings. The first-order chi connectivity index (χ1) is 7.09. The second-order valence-electron chi connectivity index (χ2n) is 3.55. The Morgan fingerprint density at radius 2 is 1.67 bits per heavy atom. The summed E-state index contributed by atoms with van der Waals surface area (Å²) < 4.78 is 3.15. The Labute approximate surface area is 103 Å². The number of aryl methyl sites for hydroxylation is 2. The normalized spacial score (nSPS) is 10.7. The van der Waals surface area contributed by atoms with E-state index in [1.54, 1.807) is 0 Å². The maximum absolute atomic E-state index is 6.21. The van der Waals surface area contributed by atoms with Crippen molar-refractivity contribution < 1.29 is 0 Å². The van der Waals surface area contributed by atoms with E-state index in [2.05, 4.69) is 46.5 Å². The third-order valence-electron chi connectivity index (χ3n) is 2.42. The summed E-state index contributed by atoms with van der Waals surface area (Å²) in [7, 11) is 0. The molecule has 1 nitrogen and oxygen atoms in total. The Hall–Kier alpha value is -0.730. The molecule has 0 amide bonds. The zero-order chi connectivity index (χ0) is 11.0. The summed E-state index contributed by atoms with van der Waals surface area (Å²) in [6.45, 7) is 4.15. The van der Waals surface area contributed by atoms with Crippen LogP contribution in [0.15, 0.2) is 34.8 Å². The van der Waals surface area contributed by atoms with Gasteiger partial charge in [0.05, 0.1) is 10.7 Å². The molecule has 1 aromatic carbocycles. The van der Waals surface area contributed by atoms with Gasteiger partial charge in [-0.25, -0.2) is 0 Å². The Kier molecular flexibility index (Phi) is 2.89. The first-order valence-corrected chi connectivity index (χ1v) is 5.87. The molecule has 0 bridgehead atoms. The van der Waals surface area contributed by atoms with Gasteiger partial charge in [-0.15, -0.1) is 0 Å². The Morgan fingerprint density at radius 1 is 1.07 bits per heavy atom. The number of halogens is 2. The van der Waals surface area contributed by atoms with E-state index in [0.717, 1.165) is 15.2 Å². The van der Waals surface area contributed by atoms with Gasteiger partial charge in [-0.05, 0) is 44.2 Å². The highest BCUT2D eigenvalue weighted by Crippen LogP contribution is 2.27. The van der Waals surface area contributed by atoms with Crippen molar-refractivity contribution in [2.24, 2.45) is 0 Å². The minimum atomic E-state index is 0.756. The van der Waals surface area contributed by atoms with Crippen molar-refractivity contribution in [3.63, 3.8) is 0 Å². The maximum Gasteiger partial charge on any atom is 0.0657 e. The van der Waals surface area contributed by atoms with Gasteiger partial charge < -0.3 is 4.57 Å². The van der Waals surface area contributed by atoms with Crippen LogP contribution in [-0.4, -0.2) is 4.57 Å². The highest BCUT2D eigenvalue weighted by Gasteiger charge is 2.07. The van der Waals surface area contributed by atoms with E-state index in [0.29, 0.717) is 0 Å². The second-order valence-corrected chi connectivity index (χ2v) is 4.87. The van der Waals surface area contributed by atoms with Gasteiger partial charge in [0, 0.05) is 15.9 Å². The van der Waals surface area contributed by atoms with Crippen LogP contribution >= 0.6 is 27.5 Å². The molecule has 0 unspecified atom stereocenters. The molecule has 0 saturated carbocycles. The van der Waals surface area contributed by atoms with Gasteiger partial charge in [-0.3, -0.25) is 0 Å². The van der Waals surface area contributed by atoms with Crippen molar-refractivity contribution in [1.82, 2.24) is 4.57 Å². The molecule has 0 aliphatic heterocycles. The van der Waals surface area contributed by atoms with Crippen molar-refractivity contribution in [2.45, 2.75) is 13.8 Å². The molecule has 2 aromatic rings. The molecule has 0 aliphatic rings. The van der Waals surface area contributed by atoms with Gasteiger partial charge in [0.1, 0.15) is 0 Å². The fourth-order valence-electron chi connectivity index (χ4n) is 1.71. The molecule has 0 spiro atoms. The molecule has 0 atom stereocenters. The fourth-order valence-corrected chi connectivity index (χ4v) is 2.47. The van der Waals surface area contributed by atoms with E-state index in [4.69, 9.17) is 11.6 Å². The lowest BCUT2D eigenvalue weighted by atomic mass is 10.3. The zero-order valence-electron chi connectivity index (χ0n) is 8.59. The van der Waals surface area contributed by atoms with E-state index < -0.39 is 0 Å². The Morgan fingerprint density at radius 3 is 2.20 bits per heavy atom. The molecule has 1 aromatic heterocycles. The average molecular weight is 285 g/mol. The van der Waals surface area contributed by atoms with Gasteiger partial charge in [-0.2, -0.15) is 0 Å². The summed E-state index contributed by atoms with van der Waals surface area (Å²) in [5.41, 5.74) is 3.41. The number of rotatable bonds is 1. The quantitative estimate of drug-likeness (QED) is 0.726. The molecule has 2 rings (SSSR count). The summed E-state index contributed by atoms with van der Waals surface area (Å²) in [6.07, 6.45) is 0. The van der Waals surface area contributed by atoms with Crippen molar-refractivity contribution in [3.8, 4) is 5.69 Å². The molecule has 0 saturated heterocycles. The van der Waals surface area contributed by atoms with Gasteiger partial charge in [0.2, 0.25) is 0 Å². The summed E-state index contributed by atoms with van der Waals surface area (Å²) in [4.78, 5) is 0. The van der Waals surface area contributed by atoms with Crippen LogP contribution in [0.1, 0.15) is 11.4 Å². The number of benzene rings is 1. The lowest BCUT2D eigenvalue weighted by Crippen LogP contribution is -1.99. The summed E-state index contributed by atoms with van der Waals surface area (Å²) in [5, 5.41) is 0.756. The molecule has 78 valence electrons. The second kappa shape index (κ2) is 4.03. The molecular weight excluding hydrogens is 273 g/mol. The van der Waals surface area contributed by atoms with Crippen molar-refractivity contribution in [1.29, 1.82) is 0 Å². The van der Waals surface area contributed by atoms with Crippen molar-refractivity contribution in [2.75, 3.05) is 0 Å². The fraction of sp³-hybridized carbons (Fsp3) is 0.167. The van der Waals surface area contributed by atoms with E-state index in [1.165, 1.54) is 11.4 Å². The molecular formula is C12H11BrClN. The molecule has 1 heterocycles. The van der Waals surface area contributed by atoms with E-state index in [-0.39, 0.29) is 0 Å². The first-order valence-electron chi connectivity index (χ1n) is 4.70. The minimum absolute atomic E-state index is 0.756. The SMILES string of the molecule is Cc1ccc(C)n1-c1ccc(Br)cc1Cl. The smallest absolute Gasteiger partial charge is 0.0657 e. The number of hydrogen-bond donors (Lipinski definition) is 0. The van der Waals surface area contributed by atoms with Gasteiger partial charge in [0.25, 0.3) is 0 Å². The number of hydrogen-bond acceptors (Lipinski definition) is 0. The number of aromatic nitrogens is 1. The van der Waals surface area contributed by atoms with Crippen LogP contribution in [0.2, 0.25) is 5.02 Å². The largest absolute Gasteiger partial charge is 0.317 e. The molecule has 15 heavy (non-hydrogen) atoms. The van der Waals surface area contributed by atoms with Gasteiger partial charge in [0.15, 0.2) is 0 Å². The van der Waals surface area contributed by atoms with Crippen LogP contribution in [0, 0.1) is 13.8 Å². The summed E-state index contributed by atoms with van der Waals surface area (Å²) in [5.74, 6) is 0. The summed E-state index contributed by atoms with van der Waals surface area (Å²) in [6, 6.07) is 10.1. The van der Waals surface area contributed by atoms with Crippen LogP contribution in [0.3, 0.4) is 0 Å². The molecule has 0 aliphatic carbocycles. The lowest BCUT2D eigenvalue weighted by molar-refractivity contribution is 0.965. The highest BCUT2D eigenvalue weighted by atomic mass is 79.9. The topological polar surface area (TPSA) is 4.93 Å². The zero-order valence-corrected chi connectivity index (χ0v) is 10.9. The first kappa shape index (κ1) is 10.8. The van der Waals surface area contributed by atoms with Crippen LogP contribution in [-0.2, 0) is 0 Å². The van der Waals surface area contributed by atoms with Crippen LogP contribution in [0.5, 0.6) is 0 Å². The Bertz CT molecular complexity index is 483. The monoisotopic (exact) mass is 283 g/mol. The lowest BCUT2D eigenvalue weighted by Gasteiger charge is -2.11. The predicted octanol–water partition coefficient (Wildman–Crippen LogP) is 4.51. The summed E-state index contributed by atoms with van der Waals surface area (Å²) >= 11 is 9.62. The van der Waals surface area contributed by atoms with Crippen LogP contribution < -0.4 is 0 Å². The van der Waals surface area contributed by atoms with Gasteiger partial charge in [-0.1, -0.05) is 27.5 Å². The molecule has 3 heteroatoms. The van der Waals surface area contributed by atoms with Gasteiger partial charge >= 0.3 is 0 Å². The predicted molar refractivity (Wildman–Crippen MR) is 68.0 cm³/mol. The standard InChI is InChI=1S/C12H11BrClN/c1-8-3-4-9(2)15(8)12-6-5-10(13)7-11(12)14/h3-7H,1-2H3. The maximum atomic E-state index is 6.21. The number of nitrogens with zero attached hydrogens (tertiary/aromatic N) is 1. The highest BCUT2D eigenvalue weighted by molar-refractivity contribution is 9.10. The van der Waals surface area contributed by atoms with E-state index in [9.17, 15) is 0 Å². The minimum Gasteiger partial charge on any atom is -0.317 e. The van der Waals surface area contributed by atoms with E-state index in [1.807, 2.05) is 18.2 Å². The van der Waals surface area contributed by atoms with Crippen molar-refractivity contribution in [3.05, 3.63) is 51.2 Å². The third-order valence-corrected chi connectivity index (χ3v) is 3.22. The average Bonchev–Trinajstić information content (AvgIpc) is 2.48. The Balaban J connectivity index is 2.64.